The van der Waals surface area contributed by atoms with Gasteiger partial charge in [-0.15, -0.1) is 0 Å². The van der Waals surface area contributed by atoms with Crippen molar-refractivity contribution in [2.45, 2.75) is 32.0 Å². The molecule has 2 rings (SSSR count). The van der Waals surface area contributed by atoms with Gasteiger partial charge in [0.15, 0.2) is 12.4 Å². The number of Topliss-reactive ketones (excluding diaryl/α,β-unsaturated/α-hetero) is 1. The van der Waals surface area contributed by atoms with Crippen LogP contribution in [0, 0.1) is 0 Å². The first-order valence-electron chi connectivity index (χ1n) is 6.42. The fraction of sp³-hybridized carbons (Fsp3) is 0.429. The SMILES string of the molecule is CC(=O)c1cccc(C(F)(F)F)c1OCC(=O)NC1CC1. The molecule has 114 valence electrons. The quantitative estimate of drug-likeness (QED) is 0.850. The lowest BCUT2D eigenvalue weighted by atomic mass is 10.1. The first-order chi connectivity index (χ1) is 9.79. The third-order valence-electron chi connectivity index (χ3n) is 2.99. The average molecular weight is 301 g/mol. The maximum absolute atomic E-state index is 12.9. The maximum Gasteiger partial charge on any atom is 0.419 e. The summed E-state index contributed by atoms with van der Waals surface area (Å²) >= 11 is 0. The number of para-hydroxylation sites is 1. The van der Waals surface area contributed by atoms with Crippen LogP contribution < -0.4 is 10.1 Å². The largest absolute Gasteiger partial charge is 0.482 e. The average Bonchev–Trinajstić information content (AvgIpc) is 3.18. The predicted octanol–water partition coefficient (Wildman–Crippen LogP) is 2.57. The summed E-state index contributed by atoms with van der Waals surface area (Å²) in [4.78, 5) is 22.9. The predicted molar refractivity (Wildman–Crippen MR) is 68.1 cm³/mol. The zero-order chi connectivity index (χ0) is 15.6. The number of rotatable bonds is 5. The number of ketones is 1. The molecule has 0 saturated heterocycles. The molecule has 0 spiro atoms. The summed E-state index contributed by atoms with van der Waals surface area (Å²) in [5.74, 6) is -1.65. The summed E-state index contributed by atoms with van der Waals surface area (Å²) in [5.41, 5.74) is -1.25. The second-order valence-corrected chi connectivity index (χ2v) is 4.87. The lowest BCUT2D eigenvalue weighted by molar-refractivity contribution is -0.139. The summed E-state index contributed by atoms with van der Waals surface area (Å²) < 4.78 is 43.8. The molecule has 0 bridgehead atoms. The molecule has 7 heteroatoms. The molecule has 1 amide bonds. The number of amides is 1. The molecule has 1 aliphatic carbocycles. The fourth-order valence-electron chi connectivity index (χ4n) is 1.83. The van der Waals surface area contributed by atoms with Gasteiger partial charge in [0.1, 0.15) is 5.75 Å². The summed E-state index contributed by atoms with van der Waals surface area (Å²) in [5, 5.41) is 2.60. The number of nitrogens with one attached hydrogen (secondary N) is 1. The van der Waals surface area contributed by atoms with Gasteiger partial charge >= 0.3 is 6.18 Å². The van der Waals surface area contributed by atoms with Crippen LogP contribution in [0.2, 0.25) is 0 Å². The summed E-state index contributed by atoms with van der Waals surface area (Å²) in [6, 6.07) is 3.29. The Hall–Kier alpha value is -2.05. The second-order valence-electron chi connectivity index (χ2n) is 4.87. The van der Waals surface area contributed by atoms with Crippen molar-refractivity contribution in [3.8, 4) is 5.75 Å². The van der Waals surface area contributed by atoms with E-state index in [1.807, 2.05) is 0 Å². The van der Waals surface area contributed by atoms with E-state index < -0.39 is 35.8 Å². The van der Waals surface area contributed by atoms with E-state index in [-0.39, 0.29) is 11.6 Å². The highest BCUT2D eigenvalue weighted by Crippen LogP contribution is 2.38. The van der Waals surface area contributed by atoms with Gasteiger partial charge < -0.3 is 10.1 Å². The topological polar surface area (TPSA) is 55.4 Å². The third-order valence-corrected chi connectivity index (χ3v) is 2.99. The Labute approximate surface area is 119 Å². The van der Waals surface area contributed by atoms with Crippen LogP contribution in [-0.2, 0) is 11.0 Å². The number of benzene rings is 1. The number of alkyl halides is 3. The normalized spacial score (nSPS) is 14.7. The van der Waals surface area contributed by atoms with Crippen molar-refractivity contribution in [2.75, 3.05) is 6.61 Å². The standard InChI is InChI=1S/C14H14F3NO3/c1-8(19)10-3-2-4-11(14(15,16)17)13(10)21-7-12(20)18-9-5-6-9/h2-4,9H,5-7H2,1H3,(H,18,20). The maximum atomic E-state index is 12.9. The highest BCUT2D eigenvalue weighted by Gasteiger charge is 2.36. The van der Waals surface area contributed by atoms with Gasteiger partial charge in [0.25, 0.3) is 5.91 Å². The van der Waals surface area contributed by atoms with Crippen LogP contribution in [0.1, 0.15) is 35.7 Å². The third kappa shape index (κ3) is 3.96. The molecule has 1 aromatic carbocycles. The van der Waals surface area contributed by atoms with E-state index in [0.717, 1.165) is 31.9 Å². The van der Waals surface area contributed by atoms with Crippen molar-refractivity contribution in [3.63, 3.8) is 0 Å². The zero-order valence-electron chi connectivity index (χ0n) is 11.3. The molecular weight excluding hydrogens is 287 g/mol. The first kappa shape index (κ1) is 15.3. The number of hydrogen-bond acceptors (Lipinski definition) is 3. The van der Waals surface area contributed by atoms with Gasteiger partial charge in [-0.2, -0.15) is 13.2 Å². The minimum absolute atomic E-state index is 0.0891. The lowest BCUT2D eigenvalue weighted by Crippen LogP contribution is -2.31. The molecule has 1 aromatic rings. The van der Waals surface area contributed by atoms with Gasteiger partial charge in [-0.1, -0.05) is 6.07 Å². The summed E-state index contributed by atoms with van der Waals surface area (Å²) in [6.45, 7) is 0.594. The number of hydrogen-bond donors (Lipinski definition) is 1. The van der Waals surface area contributed by atoms with Crippen LogP contribution in [0.15, 0.2) is 18.2 Å². The van der Waals surface area contributed by atoms with Crippen LogP contribution in [0.25, 0.3) is 0 Å². The van der Waals surface area contributed by atoms with Crippen molar-refractivity contribution < 1.29 is 27.5 Å². The van der Waals surface area contributed by atoms with Crippen molar-refractivity contribution in [2.24, 2.45) is 0 Å². The highest BCUT2D eigenvalue weighted by molar-refractivity contribution is 5.97. The molecule has 0 radical (unpaired) electrons. The van der Waals surface area contributed by atoms with Crippen LogP contribution in [-0.4, -0.2) is 24.3 Å². The summed E-state index contributed by atoms with van der Waals surface area (Å²) in [7, 11) is 0. The minimum atomic E-state index is -4.66. The molecule has 1 aliphatic rings. The van der Waals surface area contributed by atoms with E-state index in [9.17, 15) is 22.8 Å². The minimum Gasteiger partial charge on any atom is -0.482 e. The van der Waals surface area contributed by atoms with Gasteiger partial charge in [0.05, 0.1) is 11.1 Å². The molecule has 0 aromatic heterocycles. The number of halogens is 3. The number of carbonyl (C=O) groups is 2. The Kier molecular flexibility index (Phi) is 4.20. The monoisotopic (exact) mass is 301 g/mol. The second kappa shape index (κ2) is 5.75. The van der Waals surface area contributed by atoms with E-state index in [1.54, 1.807) is 0 Å². The summed E-state index contributed by atoms with van der Waals surface area (Å²) in [6.07, 6.45) is -2.93. The van der Waals surface area contributed by atoms with E-state index >= 15 is 0 Å². The molecule has 0 heterocycles. The van der Waals surface area contributed by atoms with Gasteiger partial charge in [-0.25, -0.2) is 0 Å². The Balaban J connectivity index is 2.21. The van der Waals surface area contributed by atoms with E-state index in [4.69, 9.17) is 4.74 Å². The first-order valence-corrected chi connectivity index (χ1v) is 6.42. The smallest absolute Gasteiger partial charge is 0.419 e. The molecule has 0 unspecified atom stereocenters. The van der Waals surface area contributed by atoms with Crippen molar-refractivity contribution in [1.82, 2.24) is 5.32 Å². The van der Waals surface area contributed by atoms with Crippen LogP contribution in [0.4, 0.5) is 13.2 Å². The molecule has 1 fully saturated rings. The molecule has 21 heavy (non-hydrogen) atoms. The van der Waals surface area contributed by atoms with Crippen molar-refractivity contribution in [1.29, 1.82) is 0 Å². The van der Waals surface area contributed by atoms with Crippen molar-refractivity contribution >= 4 is 11.7 Å². The molecule has 1 saturated carbocycles. The molecule has 1 N–H and O–H groups in total. The van der Waals surface area contributed by atoms with Crippen LogP contribution >= 0.6 is 0 Å². The fourth-order valence-corrected chi connectivity index (χ4v) is 1.83. The van der Waals surface area contributed by atoms with Gasteiger partial charge in [0, 0.05) is 6.04 Å². The number of carbonyl (C=O) groups excluding carboxylic acids is 2. The molecule has 0 atom stereocenters. The van der Waals surface area contributed by atoms with Crippen molar-refractivity contribution in [3.05, 3.63) is 29.3 Å². The number of ether oxygens (including phenoxy) is 1. The Morgan fingerprint density at radius 2 is 2.00 bits per heavy atom. The van der Waals surface area contributed by atoms with Gasteiger partial charge in [0.2, 0.25) is 0 Å². The molecule has 0 aliphatic heterocycles. The zero-order valence-corrected chi connectivity index (χ0v) is 11.3. The Bertz CT molecular complexity index is 565. The van der Waals surface area contributed by atoms with Crippen LogP contribution in [0.5, 0.6) is 5.75 Å². The van der Waals surface area contributed by atoms with E-state index in [0.29, 0.717) is 0 Å². The molecular formula is C14H14F3NO3. The van der Waals surface area contributed by atoms with E-state index in [1.165, 1.54) is 6.07 Å². The lowest BCUT2D eigenvalue weighted by Gasteiger charge is -2.16. The Morgan fingerprint density at radius 1 is 1.33 bits per heavy atom. The molecule has 4 nitrogen and oxygen atoms in total. The van der Waals surface area contributed by atoms with Gasteiger partial charge in [-0.05, 0) is 31.9 Å². The van der Waals surface area contributed by atoms with E-state index in [2.05, 4.69) is 5.32 Å². The van der Waals surface area contributed by atoms with Crippen LogP contribution in [0.3, 0.4) is 0 Å². The Morgan fingerprint density at radius 3 is 2.52 bits per heavy atom. The highest BCUT2D eigenvalue weighted by atomic mass is 19.4. The van der Waals surface area contributed by atoms with Gasteiger partial charge in [-0.3, -0.25) is 9.59 Å².